The van der Waals surface area contributed by atoms with E-state index in [0.29, 0.717) is 13.1 Å². The van der Waals surface area contributed by atoms with Crippen LogP contribution in [0.5, 0.6) is 0 Å². The molecule has 0 aromatic heterocycles. The van der Waals surface area contributed by atoms with Gasteiger partial charge in [0.15, 0.2) is 0 Å². The Labute approximate surface area is 85.1 Å². The standard InChI is InChI=1S/C8H16ClNO2S/c1-4-13(11,12)10-5-7(9)8(2,3)6-10/h7H,4-6H2,1-3H3. The molecule has 13 heavy (non-hydrogen) atoms. The third-order valence-electron chi connectivity index (χ3n) is 2.55. The maximum absolute atomic E-state index is 11.5. The molecule has 0 aromatic rings. The second-order valence-corrected chi connectivity index (χ2v) is 6.93. The molecule has 0 aliphatic carbocycles. The summed E-state index contributed by atoms with van der Waals surface area (Å²) in [7, 11) is -3.05. The molecule has 1 rings (SSSR count). The molecule has 0 spiro atoms. The predicted molar refractivity (Wildman–Crippen MR) is 54.5 cm³/mol. The molecule has 0 saturated carbocycles. The van der Waals surface area contributed by atoms with Crippen molar-refractivity contribution in [3.63, 3.8) is 0 Å². The van der Waals surface area contributed by atoms with E-state index in [1.165, 1.54) is 4.31 Å². The Balaban J connectivity index is 2.81. The molecule has 1 unspecified atom stereocenters. The second-order valence-electron chi connectivity index (χ2n) is 4.15. The SMILES string of the molecule is CCS(=O)(=O)N1CC(Cl)C(C)(C)C1. The van der Waals surface area contributed by atoms with Crippen molar-refractivity contribution >= 4 is 21.6 Å². The van der Waals surface area contributed by atoms with Crippen LogP contribution in [0.2, 0.25) is 0 Å². The molecule has 1 heterocycles. The molecular formula is C8H16ClNO2S. The Bertz CT molecular complexity index is 287. The van der Waals surface area contributed by atoms with Crippen LogP contribution in [0.3, 0.4) is 0 Å². The van der Waals surface area contributed by atoms with Crippen molar-refractivity contribution in [3.05, 3.63) is 0 Å². The molecule has 3 nitrogen and oxygen atoms in total. The summed E-state index contributed by atoms with van der Waals surface area (Å²) in [6.45, 7) is 6.64. The zero-order valence-corrected chi connectivity index (χ0v) is 9.82. The lowest BCUT2D eigenvalue weighted by atomic mass is 9.93. The molecule has 0 radical (unpaired) electrons. The summed E-state index contributed by atoms with van der Waals surface area (Å²) in [5, 5.41) is -0.0752. The summed E-state index contributed by atoms with van der Waals surface area (Å²) in [4.78, 5) is 0. The minimum atomic E-state index is -3.05. The van der Waals surface area contributed by atoms with Crippen LogP contribution in [0, 0.1) is 5.41 Å². The fourth-order valence-corrected chi connectivity index (χ4v) is 3.03. The molecule has 78 valence electrons. The smallest absolute Gasteiger partial charge is 0.212 e. The van der Waals surface area contributed by atoms with Crippen molar-refractivity contribution in [1.82, 2.24) is 4.31 Å². The number of rotatable bonds is 2. The Morgan fingerprint density at radius 2 is 2.08 bits per heavy atom. The van der Waals surface area contributed by atoms with E-state index in [1.54, 1.807) is 6.92 Å². The third kappa shape index (κ3) is 2.17. The van der Waals surface area contributed by atoms with Crippen LogP contribution < -0.4 is 0 Å². The summed E-state index contributed by atoms with van der Waals surface area (Å²) in [6.07, 6.45) is 0. The van der Waals surface area contributed by atoms with E-state index < -0.39 is 10.0 Å². The Kier molecular flexibility index (Phi) is 2.95. The van der Waals surface area contributed by atoms with Crippen molar-refractivity contribution in [3.8, 4) is 0 Å². The van der Waals surface area contributed by atoms with Gasteiger partial charge >= 0.3 is 0 Å². The molecular weight excluding hydrogens is 210 g/mol. The fourth-order valence-electron chi connectivity index (χ4n) is 1.44. The highest BCUT2D eigenvalue weighted by Gasteiger charge is 2.42. The minimum Gasteiger partial charge on any atom is -0.212 e. The number of halogens is 1. The summed E-state index contributed by atoms with van der Waals surface area (Å²) >= 11 is 6.06. The maximum Gasteiger partial charge on any atom is 0.213 e. The van der Waals surface area contributed by atoms with Gasteiger partial charge in [0.2, 0.25) is 10.0 Å². The monoisotopic (exact) mass is 225 g/mol. The highest BCUT2D eigenvalue weighted by molar-refractivity contribution is 7.89. The summed E-state index contributed by atoms with van der Waals surface area (Å²) in [5.41, 5.74) is -0.107. The lowest BCUT2D eigenvalue weighted by Crippen LogP contribution is -2.31. The van der Waals surface area contributed by atoms with Gasteiger partial charge in [0.25, 0.3) is 0 Å². The number of sulfonamides is 1. The highest BCUT2D eigenvalue weighted by Crippen LogP contribution is 2.34. The first-order chi connectivity index (χ1) is 5.79. The van der Waals surface area contributed by atoms with Gasteiger partial charge in [0, 0.05) is 13.1 Å². The number of alkyl halides is 1. The Morgan fingerprint density at radius 1 is 1.54 bits per heavy atom. The fraction of sp³-hybridized carbons (Fsp3) is 1.00. The summed E-state index contributed by atoms with van der Waals surface area (Å²) in [5.74, 6) is 0.159. The lowest BCUT2D eigenvalue weighted by Gasteiger charge is -2.20. The highest BCUT2D eigenvalue weighted by atomic mass is 35.5. The summed E-state index contributed by atoms with van der Waals surface area (Å²) < 4.78 is 24.5. The third-order valence-corrected chi connectivity index (χ3v) is 5.08. The molecule has 1 atom stereocenters. The van der Waals surface area contributed by atoms with E-state index in [-0.39, 0.29) is 16.5 Å². The number of hydrogen-bond acceptors (Lipinski definition) is 2. The van der Waals surface area contributed by atoms with E-state index in [9.17, 15) is 8.42 Å². The zero-order chi connectivity index (χ0) is 10.3. The predicted octanol–water partition coefficient (Wildman–Crippen LogP) is 1.29. The van der Waals surface area contributed by atoms with Crippen LogP contribution in [0.1, 0.15) is 20.8 Å². The van der Waals surface area contributed by atoms with Gasteiger partial charge in [-0.2, -0.15) is 4.31 Å². The molecule has 0 amide bonds. The summed E-state index contributed by atoms with van der Waals surface area (Å²) in [6, 6.07) is 0. The van der Waals surface area contributed by atoms with Gasteiger partial charge in [-0.05, 0) is 12.3 Å². The van der Waals surface area contributed by atoms with Crippen LogP contribution in [-0.2, 0) is 10.0 Å². The molecule has 1 fully saturated rings. The van der Waals surface area contributed by atoms with Gasteiger partial charge in [-0.25, -0.2) is 8.42 Å². The molecule has 1 aliphatic rings. The number of hydrogen-bond donors (Lipinski definition) is 0. The van der Waals surface area contributed by atoms with Gasteiger partial charge < -0.3 is 0 Å². The van der Waals surface area contributed by atoms with Crippen LogP contribution >= 0.6 is 11.6 Å². The Hall–Kier alpha value is 0.200. The van der Waals surface area contributed by atoms with Crippen LogP contribution in [0.15, 0.2) is 0 Å². The topological polar surface area (TPSA) is 37.4 Å². The molecule has 1 saturated heterocycles. The van der Waals surface area contributed by atoms with Crippen molar-refractivity contribution in [2.45, 2.75) is 26.1 Å². The molecule has 5 heteroatoms. The quantitative estimate of drug-likeness (QED) is 0.665. The van der Waals surface area contributed by atoms with Crippen LogP contribution in [0.25, 0.3) is 0 Å². The molecule has 0 N–H and O–H groups in total. The molecule has 0 aromatic carbocycles. The largest absolute Gasteiger partial charge is 0.213 e. The van der Waals surface area contributed by atoms with Crippen molar-refractivity contribution in [2.75, 3.05) is 18.8 Å². The van der Waals surface area contributed by atoms with Gasteiger partial charge in [0.1, 0.15) is 0 Å². The normalized spacial score (nSPS) is 29.4. The average molecular weight is 226 g/mol. The second kappa shape index (κ2) is 3.41. The van der Waals surface area contributed by atoms with E-state index in [0.717, 1.165) is 0 Å². The minimum absolute atomic E-state index is 0.0752. The first kappa shape index (κ1) is 11.3. The Morgan fingerprint density at radius 3 is 2.38 bits per heavy atom. The first-order valence-corrected chi connectivity index (χ1v) is 6.46. The number of nitrogens with zero attached hydrogens (tertiary/aromatic N) is 1. The van der Waals surface area contributed by atoms with E-state index >= 15 is 0 Å². The molecule has 0 bridgehead atoms. The van der Waals surface area contributed by atoms with E-state index in [2.05, 4.69) is 0 Å². The maximum atomic E-state index is 11.5. The van der Waals surface area contributed by atoms with Gasteiger partial charge in [-0.15, -0.1) is 11.6 Å². The van der Waals surface area contributed by atoms with Crippen LogP contribution in [0.4, 0.5) is 0 Å². The van der Waals surface area contributed by atoms with Crippen molar-refractivity contribution < 1.29 is 8.42 Å². The van der Waals surface area contributed by atoms with E-state index in [4.69, 9.17) is 11.6 Å². The van der Waals surface area contributed by atoms with Crippen molar-refractivity contribution in [1.29, 1.82) is 0 Å². The lowest BCUT2D eigenvalue weighted by molar-refractivity contribution is 0.378. The molecule has 1 aliphatic heterocycles. The van der Waals surface area contributed by atoms with Gasteiger partial charge in [0.05, 0.1) is 11.1 Å². The van der Waals surface area contributed by atoms with Gasteiger partial charge in [-0.3, -0.25) is 0 Å². The zero-order valence-electron chi connectivity index (χ0n) is 8.25. The van der Waals surface area contributed by atoms with Crippen LogP contribution in [-0.4, -0.2) is 36.9 Å². The van der Waals surface area contributed by atoms with E-state index in [1.807, 2.05) is 13.8 Å². The van der Waals surface area contributed by atoms with Crippen molar-refractivity contribution in [2.24, 2.45) is 5.41 Å². The first-order valence-electron chi connectivity index (χ1n) is 4.41. The van der Waals surface area contributed by atoms with Gasteiger partial charge in [-0.1, -0.05) is 13.8 Å². The average Bonchev–Trinajstić information content (AvgIpc) is 2.28.